The van der Waals surface area contributed by atoms with E-state index in [4.69, 9.17) is 4.74 Å². The molecule has 0 aliphatic rings. The lowest BCUT2D eigenvalue weighted by Gasteiger charge is -2.05. The molecule has 1 aromatic rings. The molecule has 0 aliphatic heterocycles. The van der Waals surface area contributed by atoms with Crippen molar-refractivity contribution in [2.75, 3.05) is 27.4 Å². The van der Waals surface area contributed by atoms with Crippen molar-refractivity contribution >= 4 is 0 Å². The van der Waals surface area contributed by atoms with Gasteiger partial charge in [-0.2, -0.15) is 0 Å². The molecule has 0 atom stereocenters. The third-order valence-corrected chi connectivity index (χ3v) is 2.03. The molecule has 3 nitrogen and oxygen atoms in total. The first-order chi connectivity index (χ1) is 6.86. The van der Waals surface area contributed by atoms with Gasteiger partial charge in [-0.1, -0.05) is 12.1 Å². The van der Waals surface area contributed by atoms with Gasteiger partial charge < -0.3 is 15.4 Å². The van der Waals surface area contributed by atoms with Crippen LogP contribution in [-0.2, 0) is 6.42 Å². The van der Waals surface area contributed by atoms with Gasteiger partial charge in [0.05, 0.1) is 7.11 Å². The quantitative estimate of drug-likeness (QED) is 0.523. The van der Waals surface area contributed by atoms with Gasteiger partial charge in [0.1, 0.15) is 5.75 Å². The molecule has 14 heavy (non-hydrogen) atoms. The normalized spacial score (nSPS) is 10.1. The van der Waals surface area contributed by atoms with Gasteiger partial charge in [0.25, 0.3) is 0 Å². The zero-order valence-electron chi connectivity index (χ0n) is 8.84. The van der Waals surface area contributed by atoms with Crippen molar-refractivity contribution in [3.8, 4) is 5.75 Å². The first-order valence-electron chi connectivity index (χ1n) is 4.85. The van der Waals surface area contributed by atoms with Crippen LogP contribution in [-0.4, -0.2) is 27.4 Å². The lowest BCUT2D eigenvalue weighted by molar-refractivity contribution is 0.414. The predicted octanol–water partition coefficient (Wildman–Crippen LogP) is 1.00. The molecule has 2 N–H and O–H groups in total. The van der Waals surface area contributed by atoms with Gasteiger partial charge in [-0.05, 0) is 31.2 Å². The Morgan fingerprint density at radius 3 is 2.93 bits per heavy atom. The molecule has 0 bridgehead atoms. The molecule has 0 spiro atoms. The van der Waals surface area contributed by atoms with Gasteiger partial charge >= 0.3 is 0 Å². The molecule has 1 aromatic carbocycles. The van der Waals surface area contributed by atoms with Crippen molar-refractivity contribution in [2.24, 2.45) is 0 Å². The first kappa shape index (κ1) is 11.0. The lowest BCUT2D eigenvalue weighted by Crippen LogP contribution is -2.27. The van der Waals surface area contributed by atoms with E-state index in [2.05, 4.69) is 22.8 Å². The summed E-state index contributed by atoms with van der Waals surface area (Å²) < 4.78 is 5.15. The minimum Gasteiger partial charge on any atom is -0.497 e. The molecule has 0 amide bonds. The van der Waals surface area contributed by atoms with Gasteiger partial charge in [-0.3, -0.25) is 0 Å². The largest absolute Gasteiger partial charge is 0.497 e. The molecule has 3 heteroatoms. The Bertz CT molecular complexity index is 263. The van der Waals surface area contributed by atoms with Gasteiger partial charge in [-0.25, -0.2) is 0 Å². The van der Waals surface area contributed by atoms with Crippen molar-refractivity contribution in [1.82, 2.24) is 10.6 Å². The Kier molecular flexibility index (Phi) is 5.04. The number of hydrogen-bond donors (Lipinski definition) is 2. The van der Waals surface area contributed by atoms with E-state index < -0.39 is 0 Å². The maximum absolute atomic E-state index is 5.15. The van der Waals surface area contributed by atoms with Crippen LogP contribution >= 0.6 is 0 Å². The summed E-state index contributed by atoms with van der Waals surface area (Å²) in [6, 6.07) is 8.17. The number of nitrogens with one attached hydrogen (secondary N) is 2. The summed E-state index contributed by atoms with van der Waals surface area (Å²) in [7, 11) is 3.62. The third kappa shape index (κ3) is 3.77. The number of ether oxygens (including phenoxy) is 1. The summed E-state index contributed by atoms with van der Waals surface area (Å²) in [5, 5.41) is 6.31. The van der Waals surface area contributed by atoms with Crippen LogP contribution in [0.4, 0.5) is 0 Å². The summed E-state index contributed by atoms with van der Waals surface area (Å²) in [6.07, 6.45) is 1.03. The Morgan fingerprint density at radius 2 is 2.21 bits per heavy atom. The molecule has 0 saturated carbocycles. The van der Waals surface area contributed by atoms with Crippen molar-refractivity contribution in [2.45, 2.75) is 6.42 Å². The first-order valence-corrected chi connectivity index (χ1v) is 4.85. The molecular formula is C11H18N2O. The fraction of sp³-hybridized carbons (Fsp3) is 0.455. The molecule has 0 unspecified atom stereocenters. The second-order valence-electron chi connectivity index (χ2n) is 3.13. The van der Waals surface area contributed by atoms with Crippen LogP contribution in [0.25, 0.3) is 0 Å². The van der Waals surface area contributed by atoms with Gasteiger partial charge in [0, 0.05) is 13.2 Å². The van der Waals surface area contributed by atoms with Gasteiger partial charge in [0.2, 0.25) is 0 Å². The van der Waals surface area contributed by atoms with E-state index in [1.165, 1.54) is 5.56 Å². The molecule has 0 aliphatic carbocycles. The molecule has 0 aromatic heterocycles. The third-order valence-electron chi connectivity index (χ3n) is 2.03. The van der Waals surface area contributed by atoms with E-state index in [-0.39, 0.29) is 0 Å². The highest BCUT2D eigenvalue weighted by Gasteiger charge is 1.94. The Balaban J connectivity index is 2.34. The maximum Gasteiger partial charge on any atom is 0.119 e. The van der Waals surface area contributed by atoms with Crippen molar-refractivity contribution in [3.05, 3.63) is 29.8 Å². The predicted molar refractivity (Wildman–Crippen MR) is 58.6 cm³/mol. The van der Waals surface area contributed by atoms with E-state index in [1.807, 2.05) is 19.2 Å². The fourth-order valence-electron chi connectivity index (χ4n) is 1.27. The van der Waals surface area contributed by atoms with Crippen molar-refractivity contribution in [1.29, 1.82) is 0 Å². The number of methoxy groups -OCH3 is 1. The Hall–Kier alpha value is -1.06. The second kappa shape index (κ2) is 6.40. The summed E-state index contributed by atoms with van der Waals surface area (Å²) in [5.41, 5.74) is 1.30. The highest BCUT2D eigenvalue weighted by molar-refractivity contribution is 5.28. The molecule has 0 fully saturated rings. The number of hydrogen-bond acceptors (Lipinski definition) is 3. The van der Waals surface area contributed by atoms with Crippen LogP contribution in [0.1, 0.15) is 5.56 Å². The van der Waals surface area contributed by atoms with Crippen LogP contribution in [0.2, 0.25) is 0 Å². The summed E-state index contributed by atoms with van der Waals surface area (Å²) >= 11 is 0. The number of benzene rings is 1. The van der Waals surface area contributed by atoms with Gasteiger partial charge in [0.15, 0.2) is 0 Å². The Morgan fingerprint density at radius 1 is 1.36 bits per heavy atom. The second-order valence-corrected chi connectivity index (χ2v) is 3.13. The van der Waals surface area contributed by atoms with Crippen molar-refractivity contribution in [3.63, 3.8) is 0 Å². The summed E-state index contributed by atoms with van der Waals surface area (Å²) in [4.78, 5) is 0. The monoisotopic (exact) mass is 194 g/mol. The van der Waals surface area contributed by atoms with E-state index in [1.54, 1.807) is 7.11 Å². The minimum absolute atomic E-state index is 0.851. The topological polar surface area (TPSA) is 33.3 Å². The zero-order chi connectivity index (χ0) is 10.2. The maximum atomic E-state index is 5.15. The molecule has 0 radical (unpaired) electrons. The molecular weight excluding hydrogens is 176 g/mol. The molecule has 0 heterocycles. The lowest BCUT2D eigenvalue weighted by atomic mass is 10.1. The fourth-order valence-corrected chi connectivity index (χ4v) is 1.27. The summed E-state index contributed by atoms with van der Waals surface area (Å²) in [6.45, 7) is 1.83. The minimum atomic E-state index is 0.851. The van der Waals surface area contributed by atoms with Crippen LogP contribution in [0.3, 0.4) is 0 Å². The summed E-state index contributed by atoms with van der Waals surface area (Å²) in [5.74, 6) is 0.927. The SMILES string of the molecule is CNCNCCc1cccc(OC)c1. The van der Waals surface area contributed by atoms with Crippen LogP contribution in [0, 0.1) is 0 Å². The smallest absolute Gasteiger partial charge is 0.119 e. The van der Waals surface area contributed by atoms with E-state index in [0.717, 1.165) is 25.4 Å². The average Bonchev–Trinajstić information content (AvgIpc) is 2.25. The number of rotatable bonds is 6. The molecule has 1 rings (SSSR count). The van der Waals surface area contributed by atoms with E-state index in [9.17, 15) is 0 Å². The standard InChI is InChI=1S/C11H18N2O/c1-12-9-13-7-6-10-4-3-5-11(8-10)14-2/h3-5,8,12-13H,6-7,9H2,1-2H3. The highest BCUT2D eigenvalue weighted by Crippen LogP contribution is 2.12. The molecule has 78 valence electrons. The Labute approximate surface area is 85.5 Å². The molecule has 0 saturated heterocycles. The van der Waals surface area contributed by atoms with Gasteiger partial charge in [-0.15, -0.1) is 0 Å². The van der Waals surface area contributed by atoms with Crippen molar-refractivity contribution < 1.29 is 4.74 Å². The van der Waals surface area contributed by atoms with E-state index >= 15 is 0 Å². The zero-order valence-corrected chi connectivity index (χ0v) is 8.84. The van der Waals surface area contributed by atoms with E-state index in [0.29, 0.717) is 0 Å². The highest BCUT2D eigenvalue weighted by atomic mass is 16.5. The average molecular weight is 194 g/mol. The van der Waals surface area contributed by atoms with Crippen LogP contribution in [0.15, 0.2) is 24.3 Å². The van der Waals surface area contributed by atoms with Crippen LogP contribution in [0.5, 0.6) is 5.75 Å². The van der Waals surface area contributed by atoms with Crippen LogP contribution < -0.4 is 15.4 Å².